The number of ether oxygens (including phenoxy) is 1. The standard InChI is InChI=1S/C30H37BN7O2/c1-6-7-19(2)25(35-32)16-33-28-14-12-26-30(23-8-10-24(11-9-23)34-22(5)39)27-13-15-29(38(27)31-37(26)28)36-17-20(3)40-21(4)18-36/h8-16,19-21H,6-7,17-18H2,1-5H3,(H2,32,33,34,39)/p+1. The third-order valence-corrected chi connectivity index (χ3v) is 7.48. The van der Waals surface area contributed by atoms with E-state index in [2.05, 4.69) is 77.7 Å². The molecule has 3 N–H and O–H groups in total. The number of allylic oxidation sites excluding steroid dienone is 1. The summed E-state index contributed by atoms with van der Waals surface area (Å²) in [5.74, 6) is 7.77. The van der Waals surface area contributed by atoms with Crippen LogP contribution in [0.2, 0.25) is 0 Å². The van der Waals surface area contributed by atoms with Crippen molar-refractivity contribution in [2.45, 2.75) is 59.7 Å². The smallest absolute Gasteiger partial charge is 0.367 e. The van der Waals surface area contributed by atoms with Crippen molar-refractivity contribution >= 4 is 48.3 Å². The highest BCUT2D eigenvalue weighted by atomic mass is 16.5. The lowest BCUT2D eigenvalue weighted by molar-refractivity contribution is -0.568. The third kappa shape index (κ3) is 5.54. The summed E-state index contributed by atoms with van der Waals surface area (Å²) in [7, 11) is 2.11. The molecule has 1 saturated heterocycles. The molecule has 1 radical (unpaired) electrons. The first-order valence-electron chi connectivity index (χ1n) is 14.0. The third-order valence-electron chi connectivity index (χ3n) is 7.48. The van der Waals surface area contributed by atoms with Gasteiger partial charge in [0, 0.05) is 35.9 Å². The van der Waals surface area contributed by atoms with E-state index in [4.69, 9.17) is 15.6 Å². The normalized spacial score (nSPS) is 21.5. The summed E-state index contributed by atoms with van der Waals surface area (Å²) < 4.78 is 10.5. The van der Waals surface area contributed by atoms with Crippen LogP contribution in [0.25, 0.3) is 5.57 Å². The van der Waals surface area contributed by atoms with Crippen molar-refractivity contribution in [2.24, 2.45) is 21.9 Å². The van der Waals surface area contributed by atoms with Crippen LogP contribution in [0.15, 0.2) is 64.3 Å². The fourth-order valence-electron chi connectivity index (χ4n) is 5.72. The predicted molar refractivity (Wildman–Crippen MR) is 162 cm³/mol. The van der Waals surface area contributed by atoms with E-state index in [1.807, 2.05) is 30.3 Å². The fraction of sp³-hybridized carbons (Fsp3) is 0.400. The summed E-state index contributed by atoms with van der Waals surface area (Å²) in [5.41, 5.74) is 5.81. The number of hydrogen-bond acceptors (Lipinski definition) is 5. The highest BCUT2D eigenvalue weighted by molar-refractivity contribution is 6.41. The highest BCUT2D eigenvalue weighted by Gasteiger charge is 2.41. The molecular weight excluding hydrogens is 501 g/mol. The Morgan fingerprint density at radius 2 is 1.93 bits per heavy atom. The largest absolute Gasteiger partial charge is 0.553 e. The minimum absolute atomic E-state index is 0.0924. The Bertz CT molecular complexity index is 1420. The van der Waals surface area contributed by atoms with Crippen LogP contribution in [-0.2, 0) is 9.53 Å². The molecule has 3 aliphatic rings. The summed E-state index contributed by atoms with van der Waals surface area (Å²) in [6.45, 7) is 11.7. The molecule has 1 aromatic carbocycles. The Hall–Kier alpha value is -3.92. The van der Waals surface area contributed by atoms with E-state index >= 15 is 0 Å². The molecule has 0 spiro atoms. The van der Waals surface area contributed by atoms with E-state index in [-0.39, 0.29) is 24.0 Å². The minimum atomic E-state index is -0.0924. The molecule has 0 saturated carbocycles. The number of aliphatic imine (C=N–C) groups is 1. The van der Waals surface area contributed by atoms with Gasteiger partial charge in [-0.05, 0) is 56.2 Å². The molecule has 3 aliphatic heterocycles. The average molecular weight is 539 g/mol. The minimum Gasteiger partial charge on any atom is -0.367 e. The SMILES string of the molecule is CCCC(C)C(C=Nc1ccc2n1[B]N1C(=C2c2ccc(NC(C)=O)cc2)C=CC1=[N+]1CC(C)OC(C)C1)=NN. The summed E-state index contributed by atoms with van der Waals surface area (Å²) in [6, 6.07) is 12.1. The van der Waals surface area contributed by atoms with Gasteiger partial charge in [-0.3, -0.25) is 14.2 Å². The van der Waals surface area contributed by atoms with Crippen LogP contribution in [0, 0.1) is 5.92 Å². The van der Waals surface area contributed by atoms with Crippen LogP contribution in [0.1, 0.15) is 58.7 Å². The van der Waals surface area contributed by atoms with Crippen molar-refractivity contribution in [3.05, 3.63) is 65.5 Å². The van der Waals surface area contributed by atoms with Crippen molar-refractivity contribution in [3.63, 3.8) is 0 Å². The highest BCUT2D eigenvalue weighted by Crippen LogP contribution is 2.38. The lowest BCUT2D eigenvalue weighted by Gasteiger charge is -2.30. The first-order valence-corrected chi connectivity index (χ1v) is 14.0. The summed E-state index contributed by atoms with van der Waals surface area (Å²) in [5, 5.41) is 6.88. The number of benzene rings is 1. The number of aromatic nitrogens is 1. The first-order chi connectivity index (χ1) is 19.3. The van der Waals surface area contributed by atoms with Gasteiger partial charge in [-0.2, -0.15) is 5.10 Å². The lowest BCUT2D eigenvalue weighted by Crippen LogP contribution is -2.48. The van der Waals surface area contributed by atoms with E-state index in [1.54, 1.807) is 6.21 Å². The van der Waals surface area contributed by atoms with Crippen LogP contribution in [0.5, 0.6) is 0 Å². The monoisotopic (exact) mass is 539 g/mol. The van der Waals surface area contributed by atoms with Gasteiger partial charge in [0.25, 0.3) is 5.84 Å². The Morgan fingerprint density at radius 3 is 2.58 bits per heavy atom. The topological polar surface area (TPSA) is 100 Å². The number of amides is 1. The summed E-state index contributed by atoms with van der Waals surface area (Å²) in [6.07, 6.45) is 8.49. The molecule has 40 heavy (non-hydrogen) atoms. The molecule has 3 unspecified atom stereocenters. The molecule has 0 aliphatic carbocycles. The van der Waals surface area contributed by atoms with Crippen LogP contribution >= 0.6 is 0 Å². The molecule has 1 amide bonds. The molecule has 10 heteroatoms. The van der Waals surface area contributed by atoms with E-state index in [1.165, 1.54) is 6.92 Å². The number of morpholine rings is 1. The second kappa shape index (κ2) is 11.7. The first kappa shape index (κ1) is 27.6. The lowest BCUT2D eigenvalue weighted by atomic mass is 9.91. The van der Waals surface area contributed by atoms with Crippen molar-refractivity contribution < 1.29 is 14.1 Å². The summed E-state index contributed by atoms with van der Waals surface area (Å²) in [4.78, 5) is 18.7. The second-order valence-electron chi connectivity index (χ2n) is 10.8. The summed E-state index contributed by atoms with van der Waals surface area (Å²) >= 11 is 0. The second-order valence-corrected chi connectivity index (χ2v) is 10.8. The molecular formula is C30H38BN7O2+. The van der Waals surface area contributed by atoms with Gasteiger partial charge in [0.1, 0.15) is 24.6 Å². The van der Waals surface area contributed by atoms with Crippen molar-refractivity contribution in [1.29, 1.82) is 0 Å². The maximum Gasteiger partial charge on any atom is 0.553 e. The molecule has 9 nitrogen and oxygen atoms in total. The van der Waals surface area contributed by atoms with E-state index in [0.29, 0.717) is 0 Å². The number of nitrogens with zero attached hydrogens (tertiary/aromatic N) is 5. The van der Waals surface area contributed by atoms with Crippen LogP contribution in [-0.4, -0.2) is 70.4 Å². The zero-order valence-electron chi connectivity index (χ0n) is 24.0. The number of nitrogens with one attached hydrogen (secondary N) is 1. The van der Waals surface area contributed by atoms with E-state index < -0.39 is 0 Å². The van der Waals surface area contributed by atoms with Gasteiger partial charge in [-0.25, -0.2) is 4.99 Å². The zero-order valence-corrected chi connectivity index (χ0v) is 24.0. The number of anilines is 1. The Morgan fingerprint density at radius 1 is 1.20 bits per heavy atom. The number of fused-ring (bicyclic) bond motifs is 2. The van der Waals surface area contributed by atoms with Gasteiger partial charge in [0.05, 0.1) is 24.1 Å². The van der Waals surface area contributed by atoms with E-state index in [9.17, 15) is 4.79 Å². The maximum absolute atomic E-state index is 11.6. The quantitative estimate of drug-likeness (QED) is 0.182. The Labute approximate surface area is 237 Å². The predicted octanol–water partition coefficient (Wildman–Crippen LogP) is 4.15. The number of carbonyl (C=O) groups excluding carboxylic acids is 1. The van der Waals surface area contributed by atoms with Crippen LogP contribution in [0.4, 0.5) is 11.5 Å². The Balaban J connectivity index is 1.58. The number of hydrazone groups is 1. The van der Waals surface area contributed by atoms with E-state index in [0.717, 1.165) is 71.5 Å². The van der Waals surface area contributed by atoms with Gasteiger partial charge in [0.2, 0.25) is 5.91 Å². The molecule has 3 atom stereocenters. The number of amidine groups is 1. The molecule has 4 heterocycles. The Kier molecular flexibility index (Phi) is 8.07. The zero-order chi connectivity index (χ0) is 28.4. The molecule has 207 valence electrons. The maximum atomic E-state index is 11.6. The number of nitrogens with two attached hydrogens (primary N) is 1. The van der Waals surface area contributed by atoms with Crippen molar-refractivity contribution in [2.75, 3.05) is 18.4 Å². The van der Waals surface area contributed by atoms with Crippen LogP contribution < -0.4 is 11.2 Å². The van der Waals surface area contributed by atoms with Gasteiger partial charge >= 0.3 is 7.55 Å². The van der Waals surface area contributed by atoms with Gasteiger partial charge in [-0.15, -0.1) is 0 Å². The van der Waals surface area contributed by atoms with Crippen molar-refractivity contribution in [3.8, 4) is 0 Å². The number of hydrogen-bond donors (Lipinski definition) is 2. The van der Waals surface area contributed by atoms with Crippen molar-refractivity contribution in [1.82, 2.24) is 9.29 Å². The molecule has 1 aromatic heterocycles. The molecule has 1 fully saturated rings. The van der Waals surface area contributed by atoms with Gasteiger partial charge in [-0.1, -0.05) is 32.4 Å². The fourth-order valence-corrected chi connectivity index (χ4v) is 5.72. The molecule has 2 aromatic rings. The number of rotatable bonds is 7. The van der Waals surface area contributed by atoms with Gasteiger partial charge in [0.15, 0.2) is 0 Å². The average Bonchev–Trinajstić information content (AvgIpc) is 3.52. The number of carbonyl (C=O) groups is 1. The van der Waals surface area contributed by atoms with Crippen LogP contribution in [0.3, 0.4) is 0 Å². The molecule has 5 rings (SSSR count). The van der Waals surface area contributed by atoms with Gasteiger partial charge < -0.3 is 20.4 Å². The molecule has 0 bridgehead atoms.